The van der Waals surface area contributed by atoms with Crippen LogP contribution in [-0.2, 0) is 6.42 Å². The van der Waals surface area contributed by atoms with Crippen molar-refractivity contribution in [1.82, 2.24) is 14.9 Å². The third kappa shape index (κ3) is 3.81. The minimum absolute atomic E-state index is 0.0511. The number of aryl methyl sites for hydroxylation is 2. The first-order chi connectivity index (χ1) is 15.1. The van der Waals surface area contributed by atoms with E-state index in [0.717, 1.165) is 34.9 Å². The van der Waals surface area contributed by atoms with E-state index in [9.17, 15) is 4.79 Å². The highest BCUT2D eigenvalue weighted by molar-refractivity contribution is 7.18. The highest BCUT2D eigenvalue weighted by Gasteiger charge is 2.27. The number of amides is 1. The molecule has 3 aromatic heterocycles. The molecule has 1 amide bonds. The van der Waals surface area contributed by atoms with Crippen LogP contribution in [0.2, 0.25) is 0 Å². The van der Waals surface area contributed by atoms with E-state index >= 15 is 0 Å². The fraction of sp³-hybridized carbons (Fsp3) is 0.292. The molecule has 0 atom stereocenters. The summed E-state index contributed by atoms with van der Waals surface area (Å²) in [5.41, 5.74) is 2.45. The van der Waals surface area contributed by atoms with Crippen LogP contribution in [0, 0.1) is 13.8 Å². The Labute approximate surface area is 185 Å². The van der Waals surface area contributed by atoms with Crippen LogP contribution in [0.3, 0.4) is 0 Å². The fourth-order valence-corrected chi connectivity index (χ4v) is 5.08. The van der Waals surface area contributed by atoms with Crippen molar-refractivity contribution in [2.24, 2.45) is 0 Å². The number of fused-ring (bicyclic) bond motifs is 1. The number of nitrogens with zero attached hydrogens (tertiary/aromatic N) is 4. The maximum Gasteiger partial charge on any atom is 0.289 e. The molecule has 0 aliphatic carbocycles. The van der Waals surface area contributed by atoms with Crippen LogP contribution in [0.25, 0.3) is 10.2 Å². The number of aromatic nitrogens is 2. The van der Waals surface area contributed by atoms with Crippen molar-refractivity contribution in [3.8, 4) is 0 Å². The van der Waals surface area contributed by atoms with E-state index in [2.05, 4.69) is 30.9 Å². The summed E-state index contributed by atoms with van der Waals surface area (Å²) in [6, 6.07) is 13.8. The summed E-state index contributed by atoms with van der Waals surface area (Å²) < 4.78 is 5.28. The van der Waals surface area contributed by atoms with Crippen LogP contribution >= 0.6 is 11.3 Å². The van der Waals surface area contributed by atoms with Gasteiger partial charge in [0, 0.05) is 37.5 Å². The molecule has 0 radical (unpaired) electrons. The Hall–Kier alpha value is -3.19. The number of carbonyl (C=O) groups excluding carboxylic acids is 1. The number of hydrogen-bond acceptors (Lipinski definition) is 6. The van der Waals surface area contributed by atoms with Crippen LogP contribution in [0.5, 0.6) is 0 Å². The Kier molecular flexibility index (Phi) is 5.19. The number of hydrogen-bond donors (Lipinski definition) is 0. The van der Waals surface area contributed by atoms with Crippen LogP contribution in [0.4, 0.5) is 5.82 Å². The quantitative estimate of drug-likeness (QED) is 0.477. The zero-order chi connectivity index (χ0) is 21.4. The molecule has 4 aromatic rings. The Morgan fingerprint density at radius 1 is 1.03 bits per heavy atom. The fourth-order valence-electron chi connectivity index (χ4n) is 4.04. The zero-order valence-electron chi connectivity index (χ0n) is 17.7. The van der Waals surface area contributed by atoms with E-state index in [1.807, 2.05) is 23.1 Å². The molecule has 1 aliphatic heterocycles. The Morgan fingerprint density at radius 3 is 2.52 bits per heavy atom. The minimum atomic E-state index is -0.0511. The second-order valence-corrected chi connectivity index (χ2v) is 9.05. The highest BCUT2D eigenvalue weighted by Crippen LogP contribution is 2.35. The maximum absolute atomic E-state index is 12.6. The number of carbonyl (C=O) groups is 1. The van der Waals surface area contributed by atoms with Crippen molar-refractivity contribution in [3.05, 3.63) is 76.3 Å². The van der Waals surface area contributed by atoms with Crippen LogP contribution in [-0.4, -0.2) is 47.0 Å². The molecule has 0 bridgehead atoms. The summed E-state index contributed by atoms with van der Waals surface area (Å²) >= 11 is 1.73. The second kappa shape index (κ2) is 8.15. The van der Waals surface area contributed by atoms with Gasteiger partial charge in [0.25, 0.3) is 5.91 Å². The van der Waals surface area contributed by atoms with Gasteiger partial charge in [-0.15, -0.1) is 11.3 Å². The van der Waals surface area contributed by atoms with Gasteiger partial charge in [0.05, 0.1) is 11.6 Å². The first-order valence-corrected chi connectivity index (χ1v) is 11.3. The number of thiophene rings is 1. The number of piperazine rings is 1. The standard InChI is InChI=1S/C24H24N4O2S/c1-16-17(2)31-23-21(16)22(25-20(26-23)15-18-7-4-3-5-8-18)27-10-12-28(13-11-27)24(29)19-9-6-14-30-19/h3-9,14H,10-13,15H2,1-2H3. The lowest BCUT2D eigenvalue weighted by Crippen LogP contribution is -2.49. The van der Waals surface area contributed by atoms with Gasteiger partial charge in [-0.1, -0.05) is 30.3 Å². The molecule has 1 saturated heterocycles. The van der Waals surface area contributed by atoms with E-state index < -0.39 is 0 Å². The molecule has 7 heteroatoms. The molecule has 5 rings (SSSR count). The molecule has 0 unspecified atom stereocenters. The molecule has 1 aliphatic rings. The van der Waals surface area contributed by atoms with Gasteiger partial charge >= 0.3 is 0 Å². The predicted molar refractivity (Wildman–Crippen MR) is 123 cm³/mol. The molecule has 0 saturated carbocycles. The first kappa shape index (κ1) is 19.8. The number of benzene rings is 1. The Morgan fingerprint density at radius 2 is 1.81 bits per heavy atom. The normalized spacial score (nSPS) is 14.4. The summed E-state index contributed by atoms with van der Waals surface area (Å²) in [6.45, 7) is 7.04. The molecule has 158 valence electrons. The smallest absolute Gasteiger partial charge is 0.289 e. The third-order valence-corrected chi connectivity index (χ3v) is 6.96. The average molecular weight is 433 g/mol. The van der Waals surface area contributed by atoms with Crippen molar-refractivity contribution >= 4 is 33.3 Å². The third-order valence-electron chi connectivity index (χ3n) is 5.86. The highest BCUT2D eigenvalue weighted by atomic mass is 32.1. The average Bonchev–Trinajstić information content (AvgIpc) is 3.42. The number of rotatable bonds is 4. The lowest BCUT2D eigenvalue weighted by molar-refractivity contribution is 0.0714. The molecule has 0 N–H and O–H groups in total. The topological polar surface area (TPSA) is 62.5 Å². The van der Waals surface area contributed by atoms with Gasteiger partial charge in [0.1, 0.15) is 16.5 Å². The van der Waals surface area contributed by atoms with E-state index in [1.165, 1.54) is 22.3 Å². The van der Waals surface area contributed by atoms with Gasteiger partial charge in [0.15, 0.2) is 5.76 Å². The monoisotopic (exact) mass is 432 g/mol. The van der Waals surface area contributed by atoms with E-state index in [1.54, 1.807) is 23.5 Å². The summed E-state index contributed by atoms with van der Waals surface area (Å²) in [6.07, 6.45) is 2.24. The predicted octanol–water partition coefficient (Wildman–Crippen LogP) is 4.45. The lowest BCUT2D eigenvalue weighted by Gasteiger charge is -2.35. The summed E-state index contributed by atoms with van der Waals surface area (Å²) in [7, 11) is 0. The number of anilines is 1. The molecular formula is C24H24N4O2S. The molecule has 31 heavy (non-hydrogen) atoms. The van der Waals surface area contributed by atoms with Crippen LogP contribution in [0.1, 0.15) is 32.4 Å². The van der Waals surface area contributed by atoms with Gasteiger partial charge in [-0.2, -0.15) is 0 Å². The van der Waals surface area contributed by atoms with Gasteiger partial charge in [-0.25, -0.2) is 9.97 Å². The molecule has 1 aromatic carbocycles. The Balaban J connectivity index is 1.44. The molecular weight excluding hydrogens is 408 g/mol. The van der Waals surface area contributed by atoms with Crippen LogP contribution < -0.4 is 4.90 Å². The second-order valence-electron chi connectivity index (χ2n) is 7.85. The van der Waals surface area contributed by atoms with E-state index in [0.29, 0.717) is 25.3 Å². The molecule has 6 nitrogen and oxygen atoms in total. The largest absolute Gasteiger partial charge is 0.459 e. The summed E-state index contributed by atoms with van der Waals surface area (Å²) in [4.78, 5) is 29.0. The van der Waals surface area contributed by atoms with Crippen molar-refractivity contribution in [3.63, 3.8) is 0 Å². The van der Waals surface area contributed by atoms with Gasteiger partial charge in [-0.05, 0) is 37.1 Å². The van der Waals surface area contributed by atoms with Gasteiger partial charge in [-0.3, -0.25) is 4.79 Å². The van der Waals surface area contributed by atoms with Crippen molar-refractivity contribution in [2.45, 2.75) is 20.3 Å². The molecule has 1 fully saturated rings. The summed E-state index contributed by atoms with van der Waals surface area (Å²) in [5, 5.41) is 1.14. The number of furan rings is 1. The first-order valence-electron chi connectivity index (χ1n) is 10.5. The van der Waals surface area contributed by atoms with Crippen molar-refractivity contribution in [2.75, 3.05) is 31.1 Å². The zero-order valence-corrected chi connectivity index (χ0v) is 18.5. The van der Waals surface area contributed by atoms with Crippen LogP contribution in [0.15, 0.2) is 53.1 Å². The lowest BCUT2D eigenvalue weighted by atomic mass is 10.1. The Bertz CT molecular complexity index is 1210. The van der Waals surface area contributed by atoms with E-state index in [4.69, 9.17) is 14.4 Å². The van der Waals surface area contributed by atoms with Crippen molar-refractivity contribution in [1.29, 1.82) is 0 Å². The van der Waals surface area contributed by atoms with Gasteiger partial charge < -0.3 is 14.2 Å². The SMILES string of the molecule is Cc1sc2nc(Cc3ccccc3)nc(N3CCN(C(=O)c4ccco4)CC3)c2c1C. The summed E-state index contributed by atoms with van der Waals surface area (Å²) in [5.74, 6) is 2.17. The molecule has 0 spiro atoms. The van der Waals surface area contributed by atoms with Crippen molar-refractivity contribution < 1.29 is 9.21 Å². The maximum atomic E-state index is 12.6. The minimum Gasteiger partial charge on any atom is -0.459 e. The van der Waals surface area contributed by atoms with Gasteiger partial charge in [0.2, 0.25) is 0 Å². The molecule has 4 heterocycles. The van der Waals surface area contributed by atoms with E-state index in [-0.39, 0.29) is 5.91 Å².